The van der Waals surface area contributed by atoms with E-state index in [-0.39, 0.29) is 10.8 Å². The second kappa shape index (κ2) is 9.85. The largest absolute Gasteiger partial charge is 0.486 e. The number of rotatable bonds is 9. The summed E-state index contributed by atoms with van der Waals surface area (Å²) in [4.78, 5) is 16.7. The summed E-state index contributed by atoms with van der Waals surface area (Å²) in [6, 6.07) is 10.6. The van der Waals surface area contributed by atoms with Crippen LogP contribution in [0.2, 0.25) is 0 Å². The quantitative estimate of drug-likeness (QED) is 0.455. The summed E-state index contributed by atoms with van der Waals surface area (Å²) in [6.07, 6.45) is 2.40. The molecule has 4 rings (SSSR count). The number of unbranched alkanes of at least 4 members (excludes halogenated alkanes) is 2. The maximum absolute atomic E-state index is 12.5. The van der Waals surface area contributed by atoms with E-state index in [0.29, 0.717) is 55.7 Å². The van der Waals surface area contributed by atoms with Gasteiger partial charge in [-0.15, -0.1) is 0 Å². The molecule has 2 aromatic carbocycles. The molecule has 1 aromatic heterocycles. The lowest BCUT2D eigenvalue weighted by molar-refractivity contribution is -0.116. The number of benzene rings is 2. The van der Waals surface area contributed by atoms with Crippen molar-refractivity contribution in [3.8, 4) is 11.5 Å². The van der Waals surface area contributed by atoms with Crippen LogP contribution in [0, 0.1) is 6.92 Å². The van der Waals surface area contributed by atoms with Crippen LogP contribution in [-0.2, 0) is 14.8 Å². The molecule has 0 radical (unpaired) electrons. The third-order valence-corrected chi connectivity index (χ3v) is 7.38. The van der Waals surface area contributed by atoms with Gasteiger partial charge in [0.25, 0.3) is 0 Å². The molecule has 2 N–H and O–H groups in total. The number of carbonyl (C=O) groups excluding carboxylic acids is 1. The molecule has 0 saturated carbocycles. The monoisotopic (exact) mass is 475 g/mol. The van der Waals surface area contributed by atoms with Crippen LogP contribution in [0.3, 0.4) is 0 Å². The molecule has 1 amide bonds. The van der Waals surface area contributed by atoms with Gasteiger partial charge in [-0.3, -0.25) is 4.79 Å². The SMILES string of the molecule is Cc1ccc2nc(NC(=O)CCCCCNS(=O)(=O)c3ccc4c(c3)OCCO4)sc2c1. The number of aromatic nitrogens is 1. The average Bonchev–Trinajstić information content (AvgIpc) is 3.16. The molecule has 0 saturated heterocycles. The van der Waals surface area contributed by atoms with Crippen molar-refractivity contribution in [1.29, 1.82) is 0 Å². The first-order valence-corrected chi connectivity index (χ1v) is 12.8. The first kappa shape index (κ1) is 22.5. The first-order chi connectivity index (χ1) is 15.4. The third kappa shape index (κ3) is 5.56. The molecule has 0 aliphatic carbocycles. The van der Waals surface area contributed by atoms with Gasteiger partial charge in [-0.05, 0) is 49.6 Å². The van der Waals surface area contributed by atoms with Gasteiger partial charge in [0.05, 0.1) is 15.1 Å². The second-order valence-electron chi connectivity index (χ2n) is 7.55. The van der Waals surface area contributed by atoms with E-state index in [1.807, 2.05) is 19.1 Å². The van der Waals surface area contributed by atoms with E-state index in [9.17, 15) is 13.2 Å². The van der Waals surface area contributed by atoms with Gasteiger partial charge in [0.1, 0.15) is 13.2 Å². The number of hydrogen-bond acceptors (Lipinski definition) is 7. The second-order valence-corrected chi connectivity index (χ2v) is 10.3. The fourth-order valence-electron chi connectivity index (χ4n) is 3.34. The molecule has 0 fully saturated rings. The zero-order valence-electron chi connectivity index (χ0n) is 17.7. The zero-order valence-corrected chi connectivity index (χ0v) is 19.4. The van der Waals surface area contributed by atoms with Crippen LogP contribution in [0.1, 0.15) is 31.2 Å². The van der Waals surface area contributed by atoms with Gasteiger partial charge < -0.3 is 14.8 Å². The molecule has 8 nitrogen and oxygen atoms in total. The number of sulfonamides is 1. The molecular formula is C22H25N3O5S2. The molecule has 0 unspecified atom stereocenters. The van der Waals surface area contributed by atoms with Gasteiger partial charge in [0.15, 0.2) is 16.6 Å². The number of ether oxygens (including phenoxy) is 2. The normalized spacial score (nSPS) is 13.3. The number of thiazole rings is 1. The molecule has 3 aromatic rings. The van der Waals surface area contributed by atoms with Crippen molar-refractivity contribution in [2.45, 2.75) is 37.5 Å². The summed E-state index contributed by atoms with van der Waals surface area (Å²) in [5, 5.41) is 3.45. The lowest BCUT2D eigenvalue weighted by atomic mass is 10.2. The molecule has 0 bridgehead atoms. The Morgan fingerprint density at radius 2 is 1.88 bits per heavy atom. The number of aryl methyl sites for hydroxylation is 1. The third-order valence-electron chi connectivity index (χ3n) is 4.99. The summed E-state index contributed by atoms with van der Waals surface area (Å²) in [5.41, 5.74) is 2.03. The van der Waals surface area contributed by atoms with E-state index in [0.717, 1.165) is 22.2 Å². The van der Waals surface area contributed by atoms with Crippen LogP contribution in [0.5, 0.6) is 11.5 Å². The fourth-order valence-corrected chi connectivity index (χ4v) is 5.40. The standard InChI is InChI=1S/C22H25N3O5S2/c1-15-6-8-17-20(13-15)31-22(24-17)25-21(26)5-3-2-4-10-23-32(27,28)16-7-9-18-19(14-16)30-12-11-29-18/h6-9,13-14,23H,2-5,10-12H2,1H3,(H,24,25,26). The number of nitrogens with one attached hydrogen (secondary N) is 2. The Morgan fingerprint density at radius 1 is 1.06 bits per heavy atom. The first-order valence-electron chi connectivity index (χ1n) is 10.5. The van der Waals surface area contributed by atoms with E-state index >= 15 is 0 Å². The van der Waals surface area contributed by atoms with Crippen molar-refractivity contribution in [1.82, 2.24) is 9.71 Å². The Morgan fingerprint density at radius 3 is 2.72 bits per heavy atom. The summed E-state index contributed by atoms with van der Waals surface area (Å²) in [5.74, 6) is 0.903. The minimum Gasteiger partial charge on any atom is -0.486 e. The van der Waals surface area contributed by atoms with Crippen molar-refractivity contribution in [3.05, 3.63) is 42.0 Å². The van der Waals surface area contributed by atoms with Crippen molar-refractivity contribution in [2.24, 2.45) is 0 Å². The Bertz CT molecular complexity index is 1220. The van der Waals surface area contributed by atoms with Crippen molar-refractivity contribution >= 4 is 42.6 Å². The Hall–Kier alpha value is -2.69. The van der Waals surface area contributed by atoms with E-state index in [1.54, 1.807) is 6.07 Å². The van der Waals surface area contributed by atoms with Crippen LogP contribution < -0.4 is 19.5 Å². The molecule has 0 spiro atoms. The van der Waals surface area contributed by atoms with E-state index in [4.69, 9.17) is 9.47 Å². The maximum atomic E-state index is 12.5. The van der Waals surface area contributed by atoms with Crippen LogP contribution in [-0.4, -0.2) is 39.1 Å². The van der Waals surface area contributed by atoms with Crippen LogP contribution in [0.15, 0.2) is 41.3 Å². The summed E-state index contributed by atoms with van der Waals surface area (Å²) in [7, 11) is -3.63. The van der Waals surface area contributed by atoms with Gasteiger partial charge in [-0.2, -0.15) is 0 Å². The number of hydrogen-bond donors (Lipinski definition) is 2. The number of anilines is 1. The predicted molar refractivity (Wildman–Crippen MR) is 124 cm³/mol. The molecule has 1 aliphatic heterocycles. The van der Waals surface area contributed by atoms with Crippen molar-refractivity contribution in [3.63, 3.8) is 0 Å². The van der Waals surface area contributed by atoms with Gasteiger partial charge in [0, 0.05) is 19.0 Å². The van der Waals surface area contributed by atoms with Gasteiger partial charge in [-0.1, -0.05) is 23.8 Å². The highest BCUT2D eigenvalue weighted by Gasteiger charge is 2.19. The molecule has 10 heteroatoms. The summed E-state index contributed by atoms with van der Waals surface area (Å²) in [6.45, 7) is 3.18. The van der Waals surface area contributed by atoms with E-state index in [1.165, 1.54) is 23.5 Å². The number of amides is 1. The summed E-state index contributed by atoms with van der Waals surface area (Å²) >= 11 is 1.46. The fraction of sp³-hybridized carbons (Fsp3) is 0.364. The molecule has 1 aliphatic rings. The number of nitrogens with zero attached hydrogens (tertiary/aromatic N) is 1. The van der Waals surface area contributed by atoms with Crippen molar-refractivity contribution in [2.75, 3.05) is 25.1 Å². The van der Waals surface area contributed by atoms with E-state index < -0.39 is 10.0 Å². The Balaban J connectivity index is 1.17. The summed E-state index contributed by atoms with van der Waals surface area (Å²) < 4.78 is 39.5. The zero-order chi connectivity index (χ0) is 22.6. The highest BCUT2D eigenvalue weighted by Crippen LogP contribution is 2.32. The number of carbonyl (C=O) groups is 1. The Kier molecular flexibility index (Phi) is 6.92. The molecule has 2 heterocycles. The Labute approximate surface area is 191 Å². The maximum Gasteiger partial charge on any atom is 0.240 e. The lowest BCUT2D eigenvalue weighted by Crippen LogP contribution is -2.25. The van der Waals surface area contributed by atoms with Crippen LogP contribution in [0.4, 0.5) is 5.13 Å². The molecular weight excluding hydrogens is 450 g/mol. The minimum atomic E-state index is -3.63. The average molecular weight is 476 g/mol. The predicted octanol–water partition coefficient (Wildman–Crippen LogP) is 3.85. The van der Waals surface area contributed by atoms with Gasteiger partial charge >= 0.3 is 0 Å². The van der Waals surface area contributed by atoms with Crippen LogP contribution >= 0.6 is 11.3 Å². The lowest BCUT2D eigenvalue weighted by Gasteiger charge is -2.18. The smallest absolute Gasteiger partial charge is 0.240 e. The number of fused-ring (bicyclic) bond motifs is 2. The highest BCUT2D eigenvalue weighted by atomic mass is 32.2. The van der Waals surface area contributed by atoms with Crippen molar-refractivity contribution < 1.29 is 22.7 Å². The van der Waals surface area contributed by atoms with Gasteiger partial charge in [-0.25, -0.2) is 18.1 Å². The molecule has 0 atom stereocenters. The highest BCUT2D eigenvalue weighted by molar-refractivity contribution is 7.89. The minimum absolute atomic E-state index is 0.0855. The topological polar surface area (TPSA) is 107 Å². The molecule has 170 valence electrons. The van der Waals surface area contributed by atoms with Gasteiger partial charge in [0.2, 0.25) is 15.9 Å². The molecule has 32 heavy (non-hydrogen) atoms. The van der Waals surface area contributed by atoms with Crippen LogP contribution in [0.25, 0.3) is 10.2 Å². The van der Waals surface area contributed by atoms with E-state index in [2.05, 4.69) is 21.1 Å².